The maximum Gasteiger partial charge on any atom is 0.262 e. The molecule has 0 unspecified atom stereocenters. The standard InChI is InChI=1S/C22H18N4OS/c1-15-11-12-19(28-15)20-23-24-22-25(14-13-16-7-3-2-4-8-16)21(27)17-9-5-6-10-18(17)26(20)22/h2-12H,13-14H2,1H3. The monoisotopic (exact) mass is 386 g/mol. The van der Waals surface area contributed by atoms with Crippen molar-refractivity contribution in [1.82, 2.24) is 19.2 Å². The third kappa shape index (κ3) is 2.73. The summed E-state index contributed by atoms with van der Waals surface area (Å²) >= 11 is 1.68. The highest BCUT2D eigenvalue weighted by atomic mass is 32.1. The van der Waals surface area contributed by atoms with Crippen LogP contribution in [0.3, 0.4) is 0 Å². The first-order chi connectivity index (χ1) is 13.7. The maximum atomic E-state index is 13.2. The van der Waals surface area contributed by atoms with E-state index in [1.54, 1.807) is 15.9 Å². The van der Waals surface area contributed by atoms with Crippen molar-refractivity contribution in [2.45, 2.75) is 19.9 Å². The van der Waals surface area contributed by atoms with Gasteiger partial charge in [0, 0.05) is 11.4 Å². The molecular weight excluding hydrogens is 368 g/mol. The van der Waals surface area contributed by atoms with Crippen molar-refractivity contribution in [3.63, 3.8) is 0 Å². The van der Waals surface area contributed by atoms with Crippen molar-refractivity contribution >= 4 is 28.0 Å². The zero-order valence-electron chi connectivity index (χ0n) is 15.4. The van der Waals surface area contributed by atoms with E-state index in [2.05, 4.69) is 41.4 Å². The molecule has 5 rings (SSSR count). The summed E-state index contributed by atoms with van der Waals surface area (Å²) in [4.78, 5) is 15.5. The Hall–Kier alpha value is -3.25. The fourth-order valence-corrected chi connectivity index (χ4v) is 4.40. The highest BCUT2D eigenvalue weighted by Crippen LogP contribution is 2.28. The molecule has 0 fully saturated rings. The Morgan fingerprint density at radius 1 is 0.929 bits per heavy atom. The number of benzene rings is 2. The lowest BCUT2D eigenvalue weighted by molar-refractivity contribution is 0.679. The molecule has 0 saturated heterocycles. The number of hydrogen-bond donors (Lipinski definition) is 0. The number of thiophene rings is 1. The molecule has 0 radical (unpaired) electrons. The molecule has 3 aromatic heterocycles. The molecule has 0 saturated carbocycles. The molecule has 5 nitrogen and oxygen atoms in total. The summed E-state index contributed by atoms with van der Waals surface area (Å²) in [7, 11) is 0. The third-order valence-electron chi connectivity index (χ3n) is 4.94. The van der Waals surface area contributed by atoms with E-state index in [1.807, 2.05) is 46.9 Å². The van der Waals surface area contributed by atoms with E-state index in [1.165, 1.54) is 10.4 Å². The van der Waals surface area contributed by atoms with Crippen LogP contribution in [0.4, 0.5) is 0 Å². The lowest BCUT2D eigenvalue weighted by Crippen LogP contribution is -2.24. The summed E-state index contributed by atoms with van der Waals surface area (Å²) in [5, 5.41) is 9.54. The van der Waals surface area contributed by atoms with Gasteiger partial charge in [0.05, 0.1) is 15.8 Å². The van der Waals surface area contributed by atoms with E-state index in [-0.39, 0.29) is 5.56 Å². The minimum atomic E-state index is -0.0275. The Bertz CT molecular complexity index is 1350. The van der Waals surface area contributed by atoms with Gasteiger partial charge >= 0.3 is 0 Å². The average molecular weight is 386 g/mol. The van der Waals surface area contributed by atoms with E-state index in [4.69, 9.17) is 0 Å². The molecule has 138 valence electrons. The highest BCUT2D eigenvalue weighted by molar-refractivity contribution is 7.15. The molecule has 6 heteroatoms. The van der Waals surface area contributed by atoms with Gasteiger partial charge in [0.1, 0.15) is 0 Å². The molecule has 0 spiro atoms. The van der Waals surface area contributed by atoms with E-state index in [9.17, 15) is 4.79 Å². The van der Waals surface area contributed by atoms with Crippen molar-refractivity contribution in [3.05, 3.63) is 87.5 Å². The van der Waals surface area contributed by atoms with Gasteiger partial charge < -0.3 is 0 Å². The van der Waals surface area contributed by atoms with Crippen LogP contribution in [-0.2, 0) is 13.0 Å². The van der Waals surface area contributed by atoms with Gasteiger partial charge in [0.15, 0.2) is 5.82 Å². The zero-order valence-corrected chi connectivity index (χ0v) is 16.2. The second-order valence-electron chi connectivity index (χ2n) is 6.78. The second-order valence-corrected chi connectivity index (χ2v) is 8.07. The summed E-state index contributed by atoms with van der Waals surface area (Å²) in [5.74, 6) is 1.36. The van der Waals surface area contributed by atoms with Crippen molar-refractivity contribution in [2.24, 2.45) is 0 Å². The summed E-state index contributed by atoms with van der Waals surface area (Å²) in [6, 6.07) is 22.0. The van der Waals surface area contributed by atoms with Crippen LogP contribution in [0.25, 0.3) is 27.4 Å². The van der Waals surface area contributed by atoms with Gasteiger partial charge in [-0.3, -0.25) is 13.8 Å². The van der Waals surface area contributed by atoms with Gasteiger partial charge in [-0.1, -0.05) is 42.5 Å². The first-order valence-electron chi connectivity index (χ1n) is 9.20. The predicted octanol–water partition coefficient (Wildman–Crippen LogP) is 4.32. The molecule has 28 heavy (non-hydrogen) atoms. The number of para-hydroxylation sites is 1. The normalized spacial score (nSPS) is 11.5. The van der Waals surface area contributed by atoms with E-state index >= 15 is 0 Å². The number of aromatic nitrogens is 4. The van der Waals surface area contributed by atoms with Gasteiger partial charge in [-0.25, -0.2) is 0 Å². The minimum Gasteiger partial charge on any atom is -0.276 e. The van der Waals surface area contributed by atoms with Gasteiger partial charge in [-0.05, 0) is 43.2 Å². The summed E-state index contributed by atoms with van der Waals surface area (Å²) in [6.07, 6.45) is 0.759. The first kappa shape index (κ1) is 16.9. The molecule has 0 amide bonds. The Kier molecular flexibility index (Phi) is 4.06. The molecule has 5 aromatic rings. The molecular formula is C22H18N4OS. The Balaban J connectivity index is 1.74. The van der Waals surface area contributed by atoms with Crippen molar-refractivity contribution in [1.29, 1.82) is 0 Å². The largest absolute Gasteiger partial charge is 0.276 e. The van der Waals surface area contributed by atoms with Crippen LogP contribution in [0.1, 0.15) is 10.4 Å². The SMILES string of the molecule is Cc1ccc(-c2nnc3n(CCc4ccccc4)c(=O)c4ccccc4n23)s1. The van der Waals surface area contributed by atoms with Crippen LogP contribution in [0.2, 0.25) is 0 Å². The minimum absolute atomic E-state index is 0.0275. The summed E-state index contributed by atoms with van der Waals surface area (Å²) in [5.41, 5.74) is 2.00. The number of aryl methyl sites for hydroxylation is 3. The van der Waals surface area contributed by atoms with Crippen LogP contribution >= 0.6 is 11.3 Å². The zero-order chi connectivity index (χ0) is 19.1. The maximum absolute atomic E-state index is 13.2. The van der Waals surface area contributed by atoms with Gasteiger partial charge in [-0.2, -0.15) is 0 Å². The summed E-state index contributed by atoms with van der Waals surface area (Å²) in [6.45, 7) is 2.63. The Morgan fingerprint density at radius 2 is 1.71 bits per heavy atom. The molecule has 0 aliphatic rings. The molecule has 3 heterocycles. The average Bonchev–Trinajstić information content (AvgIpc) is 3.35. The van der Waals surface area contributed by atoms with Crippen LogP contribution in [0, 0.1) is 6.92 Å². The van der Waals surface area contributed by atoms with Crippen LogP contribution < -0.4 is 5.56 Å². The lowest BCUT2D eigenvalue weighted by atomic mass is 10.1. The fraction of sp³-hybridized carbons (Fsp3) is 0.136. The molecule has 0 aliphatic heterocycles. The van der Waals surface area contributed by atoms with Gasteiger partial charge in [0.2, 0.25) is 5.78 Å². The quantitative estimate of drug-likeness (QED) is 0.462. The van der Waals surface area contributed by atoms with Crippen LogP contribution in [-0.4, -0.2) is 19.2 Å². The smallest absolute Gasteiger partial charge is 0.262 e. The van der Waals surface area contributed by atoms with Gasteiger partial charge in [0.25, 0.3) is 5.56 Å². The van der Waals surface area contributed by atoms with Crippen LogP contribution in [0.5, 0.6) is 0 Å². The number of hydrogen-bond acceptors (Lipinski definition) is 4. The topological polar surface area (TPSA) is 52.2 Å². The Labute approximate surface area is 165 Å². The Morgan fingerprint density at radius 3 is 2.50 bits per heavy atom. The lowest BCUT2D eigenvalue weighted by Gasteiger charge is -2.11. The van der Waals surface area contributed by atoms with Crippen molar-refractivity contribution in [3.8, 4) is 10.7 Å². The predicted molar refractivity (Wildman–Crippen MR) is 113 cm³/mol. The third-order valence-corrected chi connectivity index (χ3v) is 5.93. The van der Waals surface area contributed by atoms with Gasteiger partial charge in [-0.15, -0.1) is 21.5 Å². The second kappa shape index (κ2) is 6.73. The number of nitrogens with zero attached hydrogens (tertiary/aromatic N) is 4. The van der Waals surface area contributed by atoms with E-state index in [0.29, 0.717) is 17.7 Å². The molecule has 2 aromatic carbocycles. The number of rotatable bonds is 4. The number of fused-ring (bicyclic) bond motifs is 3. The van der Waals surface area contributed by atoms with Crippen molar-refractivity contribution < 1.29 is 0 Å². The summed E-state index contributed by atoms with van der Waals surface area (Å²) < 4.78 is 3.75. The molecule has 0 aliphatic carbocycles. The molecule has 0 N–H and O–H groups in total. The van der Waals surface area contributed by atoms with E-state index < -0.39 is 0 Å². The molecule has 0 bridgehead atoms. The fourth-order valence-electron chi connectivity index (χ4n) is 3.56. The van der Waals surface area contributed by atoms with Crippen LogP contribution in [0.15, 0.2) is 71.5 Å². The molecule has 0 atom stereocenters. The first-order valence-corrected chi connectivity index (χ1v) is 10.0. The van der Waals surface area contributed by atoms with Crippen molar-refractivity contribution in [2.75, 3.05) is 0 Å². The van der Waals surface area contributed by atoms with E-state index in [0.717, 1.165) is 22.6 Å². The highest BCUT2D eigenvalue weighted by Gasteiger charge is 2.18.